The second-order valence-corrected chi connectivity index (χ2v) is 12.4. The summed E-state index contributed by atoms with van der Waals surface area (Å²) < 4.78 is 11.4. The molecule has 258 valence electrons. The van der Waals surface area contributed by atoms with Gasteiger partial charge in [-0.1, -0.05) is 117 Å². The molecule has 0 bridgehead atoms. The topological polar surface area (TPSA) is 131 Å². The zero-order valence-corrected chi connectivity index (χ0v) is 28.6. The van der Waals surface area contributed by atoms with Crippen LogP contribution in [0.3, 0.4) is 0 Å². The minimum atomic E-state index is -1.11. The maximum Gasteiger partial charge on any atom is 0.331 e. The molecule has 0 saturated carbocycles. The van der Waals surface area contributed by atoms with Gasteiger partial charge in [-0.3, -0.25) is 9.59 Å². The molecule has 0 unspecified atom stereocenters. The highest BCUT2D eigenvalue weighted by Crippen LogP contribution is 2.25. The average molecular weight is 635 g/mol. The zero-order chi connectivity index (χ0) is 33.3. The molecule has 0 fully saturated rings. The molecule has 45 heavy (non-hydrogen) atoms. The van der Waals surface area contributed by atoms with Gasteiger partial charge in [0.2, 0.25) is 11.8 Å². The molecule has 9 heteroatoms. The third kappa shape index (κ3) is 19.4. The van der Waals surface area contributed by atoms with Crippen LogP contribution >= 0.6 is 0 Å². The lowest BCUT2D eigenvalue weighted by atomic mass is 9.87. The second kappa shape index (κ2) is 25.5. The van der Waals surface area contributed by atoms with Gasteiger partial charge in [-0.2, -0.15) is 0 Å². The van der Waals surface area contributed by atoms with Gasteiger partial charge in [0.25, 0.3) is 0 Å². The fraction of sp³-hybridized carbons (Fsp3) is 0.778. The van der Waals surface area contributed by atoms with E-state index in [4.69, 9.17) is 9.47 Å². The number of rotatable bonds is 26. The highest BCUT2D eigenvalue weighted by molar-refractivity contribution is 5.95. The van der Waals surface area contributed by atoms with Crippen LogP contribution in [0.25, 0.3) is 0 Å². The van der Waals surface area contributed by atoms with Crippen molar-refractivity contribution in [3.63, 3.8) is 0 Å². The number of carboxylic acid groups (broad SMARTS) is 1. The van der Waals surface area contributed by atoms with Gasteiger partial charge < -0.3 is 25.2 Å². The minimum absolute atomic E-state index is 0.00629. The summed E-state index contributed by atoms with van der Waals surface area (Å²) in [6.45, 7) is 7.86. The Bertz CT molecular complexity index is 913. The van der Waals surface area contributed by atoms with Crippen LogP contribution in [-0.2, 0) is 28.7 Å². The van der Waals surface area contributed by atoms with Gasteiger partial charge in [-0.15, -0.1) is 0 Å². The fourth-order valence-electron chi connectivity index (χ4n) is 5.75. The maximum absolute atomic E-state index is 12.7. The molecule has 0 aromatic heterocycles. The number of carboxylic acids is 1. The number of carbonyl (C=O) groups is 4. The first kappa shape index (κ1) is 40.3. The summed E-state index contributed by atoms with van der Waals surface area (Å²) in [6.07, 6.45) is 24.6. The predicted octanol–water partition coefficient (Wildman–Crippen LogP) is 7.33. The van der Waals surface area contributed by atoms with Crippen molar-refractivity contribution in [2.75, 3.05) is 6.61 Å². The van der Waals surface area contributed by atoms with E-state index in [-0.39, 0.29) is 24.0 Å². The summed E-state index contributed by atoms with van der Waals surface area (Å²) in [5.41, 5.74) is 0.0973. The molecule has 2 amide bonds. The molecule has 3 N–H and O–H groups in total. The zero-order valence-electron chi connectivity index (χ0n) is 28.6. The molecule has 3 atom stereocenters. The molecule has 0 spiro atoms. The Morgan fingerprint density at radius 3 is 1.78 bits per heavy atom. The van der Waals surface area contributed by atoms with Crippen molar-refractivity contribution in [2.24, 2.45) is 0 Å². The monoisotopic (exact) mass is 634 g/mol. The number of unbranched alkanes of at least 4 members (excludes halogenated alkanes) is 15. The van der Waals surface area contributed by atoms with Gasteiger partial charge in [0.1, 0.15) is 0 Å². The van der Waals surface area contributed by atoms with Crippen molar-refractivity contribution >= 4 is 23.8 Å². The minimum Gasteiger partial charge on any atom is -0.478 e. The van der Waals surface area contributed by atoms with E-state index < -0.39 is 36.0 Å². The smallest absolute Gasteiger partial charge is 0.331 e. The number of ether oxygens (including phenoxy) is 2. The average Bonchev–Trinajstić information content (AvgIpc) is 3.01. The van der Waals surface area contributed by atoms with Crippen molar-refractivity contribution in [3.8, 4) is 0 Å². The molecule has 9 nitrogen and oxygen atoms in total. The van der Waals surface area contributed by atoms with Crippen LogP contribution in [0.1, 0.15) is 150 Å². The predicted molar refractivity (Wildman–Crippen MR) is 179 cm³/mol. The number of hydrogen-bond donors (Lipinski definition) is 3. The number of aliphatic carboxylic acids is 1. The van der Waals surface area contributed by atoms with E-state index >= 15 is 0 Å². The van der Waals surface area contributed by atoms with Crippen molar-refractivity contribution < 1.29 is 33.8 Å². The first-order valence-corrected chi connectivity index (χ1v) is 17.7. The lowest BCUT2D eigenvalue weighted by Gasteiger charge is -2.38. The first-order chi connectivity index (χ1) is 21.7. The van der Waals surface area contributed by atoms with Crippen LogP contribution in [0.15, 0.2) is 23.8 Å². The number of esters is 1. The van der Waals surface area contributed by atoms with Crippen molar-refractivity contribution in [1.82, 2.24) is 10.6 Å². The number of nitrogens with one attached hydrogen (secondary N) is 2. The summed E-state index contributed by atoms with van der Waals surface area (Å²) in [5, 5.41) is 15.2. The summed E-state index contributed by atoms with van der Waals surface area (Å²) >= 11 is 0. The van der Waals surface area contributed by atoms with Gasteiger partial charge in [-0.05, 0) is 25.3 Å². The normalized spacial score (nSPS) is 18.2. The van der Waals surface area contributed by atoms with Crippen LogP contribution < -0.4 is 10.6 Å². The van der Waals surface area contributed by atoms with E-state index in [0.717, 1.165) is 44.3 Å². The van der Waals surface area contributed by atoms with Gasteiger partial charge in [-0.25, -0.2) is 9.59 Å². The Morgan fingerprint density at radius 1 is 0.800 bits per heavy atom. The molecule has 0 aliphatic heterocycles. The molecule has 0 aromatic carbocycles. The molecule has 1 aliphatic carbocycles. The molecule has 1 rings (SSSR count). The van der Waals surface area contributed by atoms with Crippen LogP contribution in [0.4, 0.5) is 0 Å². The van der Waals surface area contributed by atoms with Gasteiger partial charge in [0.15, 0.2) is 0 Å². The lowest BCUT2D eigenvalue weighted by molar-refractivity contribution is -0.138. The standard InChI is InChI=1S/C36H62N2O7/c1-5-8-9-10-11-12-13-14-15-16-17-18-19-20-21-22-25-44-34(41)24-23-33(40)38-31-26-29(36(42)43)27-32(35(31)37-28(4)39)45-30(6-2)7-3/h23-24,27,30-32,35H,5-22,25-26H2,1-4H3,(H,37,39)(H,38,40)(H,42,43)/b24-23+/t31-,32+,35+/m1/s1. The van der Waals surface area contributed by atoms with E-state index in [1.807, 2.05) is 13.8 Å². The number of carbonyl (C=O) groups excluding carboxylic acids is 3. The van der Waals surface area contributed by atoms with Gasteiger partial charge in [0, 0.05) is 31.1 Å². The Morgan fingerprint density at radius 2 is 1.31 bits per heavy atom. The van der Waals surface area contributed by atoms with E-state index in [0.29, 0.717) is 6.61 Å². The molecule has 0 aromatic rings. The van der Waals surface area contributed by atoms with Crippen LogP contribution in [0.5, 0.6) is 0 Å². The quantitative estimate of drug-likeness (QED) is 0.0516. The van der Waals surface area contributed by atoms with E-state index in [1.165, 1.54) is 96.5 Å². The number of amides is 2. The van der Waals surface area contributed by atoms with E-state index in [2.05, 4.69) is 17.6 Å². The Kier molecular flexibility index (Phi) is 22.9. The summed E-state index contributed by atoms with van der Waals surface area (Å²) in [5.74, 6) is -2.61. The third-order valence-electron chi connectivity index (χ3n) is 8.44. The Balaban J connectivity index is 2.31. The molecule has 0 saturated heterocycles. The van der Waals surface area contributed by atoms with Crippen LogP contribution in [-0.4, -0.2) is 59.8 Å². The summed E-state index contributed by atoms with van der Waals surface area (Å²) in [7, 11) is 0. The van der Waals surface area contributed by atoms with Crippen molar-refractivity contribution in [1.29, 1.82) is 0 Å². The Labute approximate surface area is 272 Å². The second-order valence-electron chi connectivity index (χ2n) is 12.4. The SMILES string of the molecule is CCCCCCCCCCCCCCCCCCOC(=O)/C=C/C(=O)N[C@@H]1CC(C(=O)O)=C[C@H](OC(CC)CC)[C@H]1NC(C)=O. The first-order valence-electron chi connectivity index (χ1n) is 17.7. The van der Waals surface area contributed by atoms with Gasteiger partial charge >= 0.3 is 11.9 Å². The lowest BCUT2D eigenvalue weighted by Crippen LogP contribution is -2.59. The van der Waals surface area contributed by atoms with E-state index in [9.17, 15) is 24.3 Å². The molecule has 0 radical (unpaired) electrons. The van der Waals surface area contributed by atoms with Crippen LogP contribution in [0, 0.1) is 0 Å². The summed E-state index contributed by atoms with van der Waals surface area (Å²) in [6, 6.07) is -1.40. The molecular formula is C36H62N2O7. The fourth-order valence-corrected chi connectivity index (χ4v) is 5.75. The molecular weight excluding hydrogens is 572 g/mol. The maximum atomic E-state index is 12.7. The van der Waals surface area contributed by atoms with Crippen LogP contribution in [0.2, 0.25) is 0 Å². The third-order valence-corrected chi connectivity index (χ3v) is 8.44. The number of hydrogen-bond acceptors (Lipinski definition) is 6. The molecule has 1 aliphatic rings. The highest BCUT2D eigenvalue weighted by atomic mass is 16.5. The van der Waals surface area contributed by atoms with Crippen molar-refractivity contribution in [2.45, 2.75) is 174 Å². The highest BCUT2D eigenvalue weighted by Gasteiger charge is 2.38. The Hall–Kier alpha value is -2.68. The summed E-state index contributed by atoms with van der Waals surface area (Å²) in [4.78, 5) is 48.6. The van der Waals surface area contributed by atoms with Crippen molar-refractivity contribution in [3.05, 3.63) is 23.8 Å². The van der Waals surface area contributed by atoms with E-state index in [1.54, 1.807) is 0 Å². The molecule has 0 heterocycles. The largest absolute Gasteiger partial charge is 0.478 e. The van der Waals surface area contributed by atoms with Gasteiger partial charge in [0.05, 0.1) is 30.9 Å².